The predicted molar refractivity (Wildman–Crippen MR) is 145 cm³/mol. The maximum absolute atomic E-state index is 13.7. The van der Waals surface area contributed by atoms with Crippen molar-refractivity contribution in [3.05, 3.63) is 88.2 Å². The van der Waals surface area contributed by atoms with Crippen LogP contribution in [-0.2, 0) is 24.2 Å². The molecule has 4 rings (SSSR count). The molecule has 3 aromatic rings. The molecule has 1 aliphatic rings. The lowest BCUT2D eigenvalue weighted by molar-refractivity contribution is -0.137. The topological polar surface area (TPSA) is 86.6 Å². The van der Waals surface area contributed by atoms with E-state index in [9.17, 15) is 14.7 Å². The Labute approximate surface area is 223 Å². The van der Waals surface area contributed by atoms with Gasteiger partial charge >= 0.3 is 5.97 Å². The van der Waals surface area contributed by atoms with Crippen LogP contribution in [0.2, 0.25) is 5.02 Å². The Morgan fingerprint density at radius 3 is 2.41 bits per heavy atom. The Balaban J connectivity index is 1.58. The number of carbonyl (C=O) groups is 2. The monoisotopic (exact) mass is 520 g/mol. The highest BCUT2D eigenvalue weighted by molar-refractivity contribution is 6.30. The molecule has 1 aromatic heterocycles. The largest absolute Gasteiger partial charge is 0.480 e. The number of aromatic nitrogens is 2. The van der Waals surface area contributed by atoms with Gasteiger partial charge in [-0.25, -0.2) is 9.97 Å². The van der Waals surface area contributed by atoms with Gasteiger partial charge in [0.25, 0.3) is 5.91 Å². The van der Waals surface area contributed by atoms with E-state index in [1.165, 1.54) is 23.3 Å². The quantitative estimate of drug-likeness (QED) is 0.370. The molecule has 0 bridgehead atoms. The number of likely N-dealkylation sites (N-methyl/N-ethyl adjacent to an activating group) is 1. The van der Waals surface area contributed by atoms with E-state index < -0.39 is 12.5 Å². The van der Waals surface area contributed by atoms with Crippen LogP contribution in [0.5, 0.6) is 0 Å². The second-order valence-electron chi connectivity index (χ2n) is 9.72. The number of rotatable bonds is 11. The van der Waals surface area contributed by atoms with Gasteiger partial charge < -0.3 is 14.9 Å². The minimum Gasteiger partial charge on any atom is -0.480 e. The summed E-state index contributed by atoms with van der Waals surface area (Å²) in [6, 6.07) is 17.3. The van der Waals surface area contributed by atoms with Crippen molar-refractivity contribution in [2.45, 2.75) is 45.1 Å². The van der Waals surface area contributed by atoms with E-state index in [4.69, 9.17) is 16.6 Å². The van der Waals surface area contributed by atoms with E-state index in [1.54, 1.807) is 30.5 Å². The standard InChI is InChI=1S/C29H33ClN4O3/c1-33(16-15-21-7-3-2-4-8-21)29-31-18-25(26(32-29)17-22-9-5-6-10-22)28(37)34(20-27(35)36)19-23-11-13-24(30)14-12-23/h2-4,7-8,11-14,18,22H,5-6,9-10,15-17,19-20H2,1H3,(H,35,36). The Kier molecular flexibility index (Phi) is 9.12. The third-order valence-electron chi connectivity index (χ3n) is 6.86. The molecule has 1 amide bonds. The fraction of sp³-hybridized carbons (Fsp3) is 0.379. The molecule has 0 radical (unpaired) electrons. The molecule has 1 heterocycles. The van der Waals surface area contributed by atoms with E-state index in [0.717, 1.165) is 31.4 Å². The summed E-state index contributed by atoms with van der Waals surface area (Å²) in [7, 11) is 1.95. The second-order valence-corrected chi connectivity index (χ2v) is 10.2. The first-order valence-electron chi connectivity index (χ1n) is 12.8. The van der Waals surface area contributed by atoms with E-state index in [0.29, 0.717) is 34.6 Å². The minimum absolute atomic E-state index is 0.157. The summed E-state index contributed by atoms with van der Waals surface area (Å²) in [5, 5.41) is 10.1. The summed E-state index contributed by atoms with van der Waals surface area (Å²) in [6.07, 6.45) is 7.71. The molecule has 0 spiro atoms. The van der Waals surface area contributed by atoms with Gasteiger partial charge in [-0.05, 0) is 42.0 Å². The van der Waals surface area contributed by atoms with Gasteiger partial charge in [0.2, 0.25) is 5.95 Å². The smallest absolute Gasteiger partial charge is 0.323 e. The molecule has 0 unspecified atom stereocenters. The molecule has 0 saturated heterocycles. The zero-order valence-corrected chi connectivity index (χ0v) is 21.9. The summed E-state index contributed by atoms with van der Waals surface area (Å²) >= 11 is 6.00. The SMILES string of the molecule is CN(CCc1ccccc1)c1ncc(C(=O)N(CC(=O)O)Cc2ccc(Cl)cc2)c(CC2CCCC2)n1. The van der Waals surface area contributed by atoms with Crippen LogP contribution in [0, 0.1) is 5.92 Å². The lowest BCUT2D eigenvalue weighted by Crippen LogP contribution is -2.36. The van der Waals surface area contributed by atoms with Crippen molar-refractivity contribution < 1.29 is 14.7 Å². The Hall–Kier alpha value is -3.45. The number of carboxylic acids is 1. The van der Waals surface area contributed by atoms with Crippen LogP contribution in [-0.4, -0.2) is 52.0 Å². The summed E-state index contributed by atoms with van der Waals surface area (Å²) in [4.78, 5) is 38.0. The molecule has 8 heteroatoms. The lowest BCUT2D eigenvalue weighted by atomic mass is 9.98. The van der Waals surface area contributed by atoms with Crippen LogP contribution < -0.4 is 4.90 Å². The third-order valence-corrected chi connectivity index (χ3v) is 7.11. The average Bonchev–Trinajstić information content (AvgIpc) is 3.41. The number of amides is 1. The van der Waals surface area contributed by atoms with Crippen LogP contribution in [0.25, 0.3) is 0 Å². The van der Waals surface area contributed by atoms with Gasteiger partial charge in [-0.2, -0.15) is 0 Å². The van der Waals surface area contributed by atoms with E-state index in [2.05, 4.69) is 17.1 Å². The molecule has 37 heavy (non-hydrogen) atoms. The summed E-state index contributed by atoms with van der Waals surface area (Å²) in [5.74, 6) is -0.405. The van der Waals surface area contributed by atoms with Crippen molar-refractivity contribution in [3.8, 4) is 0 Å². The first-order chi connectivity index (χ1) is 17.9. The first-order valence-corrected chi connectivity index (χ1v) is 13.1. The maximum Gasteiger partial charge on any atom is 0.323 e. The molecule has 194 valence electrons. The number of anilines is 1. The molecule has 0 atom stereocenters. The molecular weight excluding hydrogens is 488 g/mol. The van der Waals surface area contributed by atoms with Crippen LogP contribution in [0.15, 0.2) is 60.8 Å². The van der Waals surface area contributed by atoms with Crippen molar-refractivity contribution in [1.82, 2.24) is 14.9 Å². The van der Waals surface area contributed by atoms with Crippen molar-refractivity contribution in [1.29, 1.82) is 0 Å². The summed E-state index contributed by atoms with van der Waals surface area (Å²) in [6.45, 7) is 0.481. The van der Waals surface area contributed by atoms with Gasteiger partial charge in [0.05, 0.1) is 11.3 Å². The molecule has 0 aliphatic heterocycles. The van der Waals surface area contributed by atoms with Crippen LogP contribution in [0.1, 0.15) is 52.9 Å². The number of carbonyl (C=O) groups excluding carboxylic acids is 1. The molecule has 1 N–H and O–H groups in total. The van der Waals surface area contributed by atoms with Gasteiger partial charge in [0.15, 0.2) is 0 Å². The molecule has 7 nitrogen and oxygen atoms in total. The highest BCUT2D eigenvalue weighted by Gasteiger charge is 2.26. The average molecular weight is 521 g/mol. The van der Waals surface area contributed by atoms with Crippen molar-refractivity contribution in [3.63, 3.8) is 0 Å². The number of carboxylic acid groups (broad SMARTS) is 1. The zero-order valence-electron chi connectivity index (χ0n) is 21.1. The Bertz CT molecular complexity index is 1200. The highest BCUT2D eigenvalue weighted by Crippen LogP contribution is 2.29. The molecule has 2 aromatic carbocycles. The fourth-order valence-corrected chi connectivity index (χ4v) is 4.92. The van der Waals surface area contributed by atoms with Gasteiger partial charge in [-0.1, -0.05) is 79.7 Å². The van der Waals surface area contributed by atoms with Crippen molar-refractivity contribution >= 4 is 29.4 Å². The number of aliphatic carboxylic acids is 1. The zero-order chi connectivity index (χ0) is 26.2. The Morgan fingerprint density at radius 1 is 1.03 bits per heavy atom. The van der Waals surface area contributed by atoms with E-state index in [1.807, 2.05) is 30.1 Å². The van der Waals surface area contributed by atoms with Gasteiger partial charge in [-0.15, -0.1) is 0 Å². The number of benzene rings is 2. The molecule has 1 fully saturated rings. The van der Waals surface area contributed by atoms with Crippen molar-refractivity contribution in [2.24, 2.45) is 5.92 Å². The first kappa shape index (κ1) is 26.6. The van der Waals surface area contributed by atoms with Gasteiger partial charge in [0.1, 0.15) is 6.54 Å². The van der Waals surface area contributed by atoms with Crippen LogP contribution >= 0.6 is 11.6 Å². The highest BCUT2D eigenvalue weighted by atomic mass is 35.5. The van der Waals surface area contributed by atoms with Crippen LogP contribution in [0.3, 0.4) is 0 Å². The molecular formula is C29H33ClN4O3. The van der Waals surface area contributed by atoms with Gasteiger partial charge in [0, 0.05) is 31.4 Å². The summed E-state index contributed by atoms with van der Waals surface area (Å²) < 4.78 is 0. The van der Waals surface area contributed by atoms with E-state index in [-0.39, 0.29) is 12.5 Å². The predicted octanol–water partition coefficient (Wildman–Crippen LogP) is 5.27. The number of nitrogens with zero attached hydrogens (tertiary/aromatic N) is 4. The van der Waals surface area contributed by atoms with Gasteiger partial charge in [-0.3, -0.25) is 9.59 Å². The number of halogens is 1. The molecule has 1 aliphatic carbocycles. The van der Waals surface area contributed by atoms with E-state index >= 15 is 0 Å². The summed E-state index contributed by atoms with van der Waals surface area (Å²) in [5.41, 5.74) is 3.11. The number of hydrogen-bond donors (Lipinski definition) is 1. The second kappa shape index (κ2) is 12.7. The molecule has 1 saturated carbocycles. The number of hydrogen-bond acceptors (Lipinski definition) is 5. The Morgan fingerprint density at radius 2 is 1.73 bits per heavy atom. The lowest BCUT2D eigenvalue weighted by Gasteiger charge is -2.24. The third kappa shape index (κ3) is 7.52. The normalized spacial score (nSPS) is 13.5. The maximum atomic E-state index is 13.7. The minimum atomic E-state index is -1.07. The fourth-order valence-electron chi connectivity index (χ4n) is 4.80. The van der Waals surface area contributed by atoms with Crippen molar-refractivity contribution in [2.75, 3.05) is 25.0 Å². The van der Waals surface area contributed by atoms with Crippen LogP contribution in [0.4, 0.5) is 5.95 Å².